The van der Waals surface area contributed by atoms with E-state index in [1.807, 2.05) is 0 Å². The van der Waals surface area contributed by atoms with Crippen molar-refractivity contribution in [2.24, 2.45) is 10.7 Å². The first-order chi connectivity index (χ1) is 7.58. The van der Waals surface area contributed by atoms with E-state index in [0.717, 1.165) is 32.1 Å². The van der Waals surface area contributed by atoms with Gasteiger partial charge in [-0.25, -0.2) is 8.42 Å². The Labute approximate surface area is 96.4 Å². The molecule has 0 bridgehead atoms. The predicted molar refractivity (Wildman–Crippen MR) is 64.1 cm³/mol. The zero-order valence-corrected chi connectivity index (χ0v) is 10.2. The zero-order valence-electron chi connectivity index (χ0n) is 9.35. The minimum absolute atomic E-state index is 0.309. The Morgan fingerprint density at radius 1 is 1.31 bits per heavy atom. The van der Waals surface area contributed by atoms with Gasteiger partial charge in [-0.05, 0) is 25.7 Å². The van der Waals surface area contributed by atoms with Gasteiger partial charge in [-0.2, -0.15) is 0 Å². The third-order valence-electron chi connectivity index (χ3n) is 3.11. The first-order valence-corrected chi connectivity index (χ1v) is 7.57. The number of aliphatic imine (C=N–C) groups is 1. The van der Waals surface area contributed by atoms with Crippen molar-refractivity contribution in [1.29, 1.82) is 0 Å². The molecule has 1 saturated heterocycles. The van der Waals surface area contributed by atoms with Crippen molar-refractivity contribution < 1.29 is 8.42 Å². The second-order valence-corrected chi connectivity index (χ2v) is 7.03. The van der Waals surface area contributed by atoms with Gasteiger partial charge in [0.25, 0.3) is 0 Å². The molecule has 1 aliphatic heterocycles. The van der Waals surface area contributed by atoms with Crippen LogP contribution in [0.5, 0.6) is 0 Å². The van der Waals surface area contributed by atoms with Gasteiger partial charge in [0.1, 0.15) is 0 Å². The molecule has 92 valence electrons. The van der Waals surface area contributed by atoms with Crippen LogP contribution in [0.3, 0.4) is 0 Å². The predicted octanol–water partition coefficient (Wildman–Crippen LogP) is 0.0204. The van der Waals surface area contributed by atoms with Crippen molar-refractivity contribution in [2.75, 3.05) is 12.3 Å². The highest BCUT2D eigenvalue weighted by Crippen LogP contribution is 2.20. The fourth-order valence-corrected chi connectivity index (χ4v) is 3.68. The first kappa shape index (κ1) is 11.7. The van der Waals surface area contributed by atoms with Gasteiger partial charge >= 0.3 is 0 Å². The summed E-state index contributed by atoms with van der Waals surface area (Å²) < 4.78 is 23.4. The van der Waals surface area contributed by atoms with E-state index in [9.17, 15) is 8.42 Å². The molecule has 6 heteroatoms. The fourth-order valence-electron chi connectivity index (χ4n) is 1.91. The summed E-state index contributed by atoms with van der Waals surface area (Å²) in [6.45, 7) is 0.313. The largest absolute Gasteiger partial charge is 0.370 e. The van der Waals surface area contributed by atoms with Crippen LogP contribution in [-0.4, -0.2) is 38.0 Å². The van der Waals surface area contributed by atoms with E-state index in [0.29, 0.717) is 24.3 Å². The average Bonchev–Trinajstić information content (AvgIpc) is 2.99. The normalized spacial score (nSPS) is 30.0. The number of hydrogen-bond acceptors (Lipinski definition) is 3. The maximum absolute atomic E-state index is 11.7. The second kappa shape index (κ2) is 4.61. The minimum Gasteiger partial charge on any atom is -0.370 e. The molecule has 0 radical (unpaired) electrons. The summed E-state index contributed by atoms with van der Waals surface area (Å²) in [6, 6.07) is 0.465. The highest BCUT2D eigenvalue weighted by Gasteiger charge is 2.28. The van der Waals surface area contributed by atoms with Crippen LogP contribution in [0.2, 0.25) is 0 Å². The fraction of sp³-hybridized carbons (Fsp3) is 0.900. The molecule has 0 spiro atoms. The lowest BCUT2D eigenvalue weighted by molar-refractivity contribution is 0.541. The molecule has 0 aromatic heterocycles. The number of rotatable bonds is 3. The van der Waals surface area contributed by atoms with Crippen LogP contribution < -0.4 is 11.1 Å². The van der Waals surface area contributed by atoms with Crippen LogP contribution in [0.1, 0.15) is 32.1 Å². The standard InChI is InChI=1S/C10H19N3O2S/c11-10(13-8-4-5-8)12-7-9-3-1-2-6-16(9,14)15/h8-9H,1-7H2,(H3,11,12,13). The first-order valence-electron chi connectivity index (χ1n) is 5.86. The molecule has 2 aliphatic rings. The monoisotopic (exact) mass is 245 g/mol. The van der Waals surface area contributed by atoms with Gasteiger partial charge in [0.05, 0.1) is 17.5 Å². The van der Waals surface area contributed by atoms with Crippen molar-refractivity contribution in [3.63, 3.8) is 0 Å². The van der Waals surface area contributed by atoms with Crippen molar-refractivity contribution in [2.45, 2.75) is 43.4 Å². The van der Waals surface area contributed by atoms with E-state index < -0.39 is 9.84 Å². The second-order valence-electron chi connectivity index (χ2n) is 4.63. The van der Waals surface area contributed by atoms with Crippen LogP contribution in [0, 0.1) is 0 Å². The SMILES string of the molecule is NC(=NCC1CCCCS1(=O)=O)NC1CC1. The van der Waals surface area contributed by atoms with Crippen molar-refractivity contribution in [1.82, 2.24) is 5.32 Å². The van der Waals surface area contributed by atoms with Crippen LogP contribution in [-0.2, 0) is 9.84 Å². The van der Waals surface area contributed by atoms with Gasteiger partial charge < -0.3 is 11.1 Å². The van der Waals surface area contributed by atoms with Crippen molar-refractivity contribution >= 4 is 15.8 Å². The molecule has 1 atom stereocenters. The molecule has 1 saturated carbocycles. The zero-order chi connectivity index (χ0) is 11.6. The summed E-state index contributed by atoms with van der Waals surface area (Å²) in [6.07, 6.45) is 4.77. The Kier molecular flexibility index (Phi) is 3.37. The summed E-state index contributed by atoms with van der Waals surface area (Å²) in [5.41, 5.74) is 5.66. The Morgan fingerprint density at radius 2 is 2.06 bits per heavy atom. The highest BCUT2D eigenvalue weighted by atomic mass is 32.2. The molecule has 1 heterocycles. The van der Waals surface area contributed by atoms with E-state index in [1.54, 1.807) is 0 Å². The summed E-state index contributed by atoms with van der Waals surface area (Å²) in [7, 11) is -2.92. The smallest absolute Gasteiger partial charge is 0.188 e. The molecular formula is C10H19N3O2S. The van der Waals surface area contributed by atoms with E-state index in [4.69, 9.17) is 5.73 Å². The molecule has 0 aromatic carbocycles. The Balaban J connectivity index is 1.87. The Morgan fingerprint density at radius 3 is 2.69 bits per heavy atom. The number of guanidine groups is 1. The van der Waals surface area contributed by atoms with Gasteiger partial charge in [-0.1, -0.05) is 6.42 Å². The van der Waals surface area contributed by atoms with Crippen LogP contribution in [0.15, 0.2) is 4.99 Å². The number of sulfone groups is 1. The van der Waals surface area contributed by atoms with Gasteiger partial charge in [-0.3, -0.25) is 4.99 Å². The van der Waals surface area contributed by atoms with Crippen LogP contribution in [0.4, 0.5) is 0 Å². The van der Waals surface area contributed by atoms with E-state index in [1.165, 1.54) is 0 Å². The Bertz CT molecular complexity index is 374. The maximum atomic E-state index is 11.7. The molecule has 2 fully saturated rings. The van der Waals surface area contributed by atoms with Crippen molar-refractivity contribution in [3.05, 3.63) is 0 Å². The topological polar surface area (TPSA) is 84.5 Å². The molecule has 0 amide bonds. The van der Waals surface area contributed by atoms with Gasteiger partial charge in [0.15, 0.2) is 15.8 Å². The van der Waals surface area contributed by atoms with Gasteiger partial charge in [0, 0.05) is 6.04 Å². The molecule has 16 heavy (non-hydrogen) atoms. The van der Waals surface area contributed by atoms with Crippen LogP contribution >= 0.6 is 0 Å². The van der Waals surface area contributed by atoms with Gasteiger partial charge in [0.2, 0.25) is 0 Å². The quantitative estimate of drug-likeness (QED) is 0.542. The lowest BCUT2D eigenvalue weighted by Crippen LogP contribution is -2.36. The van der Waals surface area contributed by atoms with E-state index >= 15 is 0 Å². The van der Waals surface area contributed by atoms with E-state index in [-0.39, 0.29) is 5.25 Å². The minimum atomic E-state index is -2.92. The Hall–Kier alpha value is -0.780. The molecule has 2 rings (SSSR count). The number of nitrogens with two attached hydrogens (primary N) is 1. The molecular weight excluding hydrogens is 226 g/mol. The number of nitrogens with zero attached hydrogens (tertiary/aromatic N) is 1. The third-order valence-corrected chi connectivity index (χ3v) is 5.37. The van der Waals surface area contributed by atoms with E-state index in [2.05, 4.69) is 10.3 Å². The summed E-state index contributed by atoms with van der Waals surface area (Å²) in [4.78, 5) is 4.13. The summed E-state index contributed by atoms with van der Waals surface area (Å²) >= 11 is 0. The third kappa shape index (κ3) is 3.10. The lowest BCUT2D eigenvalue weighted by Gasteiger charge is -2.20. The molecule has 1 unspecified atom stereocenters. The highest BCUT2D eigenvalue weighted by molar-refractivity contribution is 7.92. The molecule has 0 aromatic rings. The molecule has 1 aliphatic carbocycles. The number of nitrogens with one attached hydrogen (secondary N) is 1. The maximum Gasteiger partial charge on any atom is 0.188 e. The average molecular weight is 245 g/mol. The molecule has 3 N–H and O–H groups in total. The molecule has 5 nitrogen and oxygen atoms in total. The van der Waals surface area contributed by atoms with Crippen molar-refractivity contribution in [3.8, 4) is 0 Å². The van der Waals surface area contributed by atoms with Crippen LogP contribution in [0.25, 0.3) is 0 Å². The summed E-state index contributed by atoms with van der Waals surface area (Å²) in [5.74, 6) is 0.701. The lowest BCUT2D eigenvalue weighted by atomic mass is 10.2. The number of hydrogen-bond donors (Lipinski definition) is 2. The summed E-state index contributed by atoms with van der Waals surface area (Å²) in [5, 5.41) is 2.73. The van der Waals surface area contributed by atoms with Gasteiger partial charge in [-0.15, -0.1) is 0 Å².